The average molecular weight is 292 g/mol. The van der Waals surface area contributed by atoms with E-state index < -0.39 is 0 Å². The molecule has 0 aliphatic heterocycles. The van der Waals surface area contributed by atoms with Crippen LogP contribution in [0.15, 0.2) is 30.3 Å². The minimum absolute atomic E-state index is 0.0999. The summed E-state index contributed by atoms with van der Waals surface area (Å²) >= 11 is 0. The van der Waals surface area contributed by atoms with Crippen LogP contribution in [-0.4, -0.2) is 47.7 Å². The molecule has 1 amide bonds. The summed E-state index contributed by atoms with van der Waals surface area (Å²) in [7, 11) is 0. The van der Waals surface area contributed by atoms with Crippen LogP contribution in [0.3, 0.4) is 0 Å². The summed E-state index contributed by atoms with van der Waals surface area (Å²) in [5, 5.41) is 8.98. The highest BCUT2D eigenvalue weighted by atomic mass is 16.3. The van der Waals surface area contributed by atoms with Crippen molar-refractivity contribution in [2.75, 3.05) is 24.6 Å². The van der Waals surface area contributed by atoms with E-state index in [0.29, 0.717) is 13.0 Å². The summed E-state index contributed by atoms with van der Waals surface area (Å²) in [6, 6.07) is 10.2. The zero-order valence-corrected chi connectivity index (χ0v) is 13.6. The summed E-state index contributed by atoms with van der Waals surface area (Å²) in [5.41, 5.74) is 0.934. The SMILES string of the molecule is CC(C)N(CCCO)CC(=O)N(c1ccccc1)C(C)C. The van der Waals surface area contributed by atoms with Gasteiger partial charge in [0.25, 0.3) is 0 Å². The lowest BCUT2D eigenvalue weighted by molar-refractivity contribution is -0.120. The van der Waals surface area contributed by atoms with Crippen molar-refractivity contribution in [2.45, 2.75) is 46.2 Å². The Morgan fingerprint density at radius 3 is 2.19 bits per heavy atom. The summed E-state index contributed by atoms with van der Waals surface area (Å²) < 4.78 is 0. The first-order chi connectivity index (χ1) is 9.97. The van der Waals surface area contributed by atoms with E-state index in [0.717, 1.165) is 12.2 Å². The number of carbonyl (C=O) groups excluding carboxylic acids is 1. The zero-order chi connectivity index (χ0) is 15.8. The molecule has 0 aromatic heterocycles. The third-order valence-electron chi connectivity index (χ3n) is 3.49. The quantitative estimate of drug-likeness (QED) is 0.800. The van der Waals surface area contributed by atoms with Gasteiger partial charge in [-0.2, -0.15) is 0 Å². The molecule has 1 N–H and O–H groups in total. The van der Waals surface area contributed by atoms with E-state index in [1.807, 2.05) is 49.1 Å². The summed E-state index contributed by atoms with van der Waals surface area (Å²) in [5.74, 6) is 0.0999. The van der Waals surface area contributed by atoms with Gasteiger partial charge < -0.3 is 10.0 Å². The van der Waals surface area contributed by atoms with Crippen LogP contribution < -0.4 is 4.90 Å². The molecule has 0 saturated carbocycles. The molecule has 0 aliphatic rings. The molecule has 4 heteroatoms. The predicted octanol–water partition coefficient (Wildman–Crippen LogP) is 2.52. The standard InChI is InChI=1S/C17H28N2O2/c1-14(2)18(11-8-12-20)13-17(21)19(15(3)4)16-9-6-5-7-10-16/h5-7,9-10,14-15,20H,8,11-13H2,1-4H3. The molecule has 0 heterocycles. The van der Waals surface area contributed by atoms with Gasteiger partial charge in [0, 0.05) is 30.9 Å². The number of aliphatic hydroxyl groups excluding tert-OH is 1. The molecule has 0 unspecified atom stereocenters. The van der Waals surface area contributed by atoms with Crippen LogP contribution in [0.4, 0.5) is 5.69 Å². The molecule has 0 fully saturated rings. The van der Waals surface area contributed by atoms with E-state index in [4.69, 9.17) is 5.11 Å². The van der Waals surface area contributed by atoms with Crippen molar-refractivity contribution in [2.24, 2.45) is 0 Å². The van der Waals surface area contributed by atoms with Crippen LogP contribution in [0.1, 0.15) is 34.1 Å². The first kappa shape index (κ1) is 17.7. The van der Waals surface area contributed by atoms with Crippen LogP contribution in [0.5, 0.6) is 0 Å². The molecular weight excluding hydrogens is 264 g/mol. The largest absolute Gasteiger partial charge is 0.396 e. The van der Waals surface area contributed by atoms with E-state index in [1.165, 1.54) is 0 Å². The van der Waals surface area contributed by atoms with Gasteiger partial charge in [-0.1, -0.05) is 18.2 Å². The molecule has 1 aromatic carbocycles. The Kier molecular flexibility index (Phi) is 7.40. The predicted molar refractivity (Wildman–Crippen MR) is 87.5 cm³/mol. The third kappa shape index (κ3) is 5.48. The van der Waals surface area contributed by atoms with Crippen LogP contribution >= 0.6 is 0 Å². The highest BCUT2D eigenvalue weighted by molar-refractivity contribution is 5.95. The smallest absolute Gasteiger partial charge is 0.241 e. The highest BCUT2D eigenvalue weighted by Crippen LogP contribution is 2.17. The number of hydrogen-bond acceptors (Lipinski definition) is 3. The number of carbonyl (C=O) groups is 1. The molecule has 0 saturated heterocycles. The number of para-hydroxylation sites is 1. The lowest BCUT2D eigenvalue weighted by Gasteiger charge is -2.32. The molecule has 0 aliphatic carbocycles. The first-order valence-corrected chi connectivity index (χ1v) is 7.69. The molecule has 21 heavy (non-hydrogen) atoms. The normalized spacial score (nSPS) is 11.4. The van der Waals surface area contributed by atoms with Crippen molar-refractivity contribution < 1.29 is 9.90 Å². The summed E-state index contributed by atoms with van der Waals surface area (Å²) in [6.07, 6.45) is 0.693. The minimum Gasteiger partial charge on any atom is -0.396 e. The van der Waals surface area contributed by atoms with E-state index in [-0.39, 0.29) is 24.6 Å². The van der Waals surface area contributed by atoms with Crippen molar-refractivity contribution in [3.8, 4) is 0 Å². The minimum atomic E-state index is 0.0999. The van der Waals surface area contributed by atoms with Gasteiger partial charge in [0.2, 0.25) is 5.91 Å². The van der Waals surface area contributed by atoms with E-state index in [9.17, 15) is 4.79 Å². The van der Waals surface area contributed by atoms with Gasteiger partial charge in [0.05, 0.1) is 6.54 Å². The molecule has 4 nitrogen and oxygen atoms in total. The Labute approximate surface area is 128 Å². The number of rotatable bonds is 8. The van der Waals surface area contributed by atoms with Crippen molar-refractivity contribution in [3.05, 3.63) is 30.3 Å². The van der Waals surface area contributed by atoms with Crippen LogP contribution in [-0.2, 0) is 4.79 Å². The molecule has 118 valence electrons. The molecule has 1 aromatic rings. The zero-order valence-electron chi connectivity index (χ0n) is 13.6. The van der Waals surface area contributed by atoms with Gasteiger partial charge in [-0.15, -0.1) is 0 Å². The van der Waals surface area contributed by atoms with Crippen molar-refractivity contribution in [1.29, 1.82) is 0 Å². The molecular formula is C17H28N2O2. The topological polar surface area (TPSA) is 43.8 Å². The number of aliphatic hydroxyl groups is 1. The fourth-order valence-electron chi connectivity index (χ4n) is 2.36. The van der Waals surface area contributed by atoms with Gasteiger partial charge in [-0.25, -0.2) is 0 Å². The van der Waals surface area contributed by atoms with Gasteiger partial charge in [-0.05, 0) is 46.2 Å². The van der Waals surface area contributed by atoms with E-state index >= 15 is 0 Å². The monoisotopic (exact) mass is 292 g/mol. The fourth-order valence-corrected chi connectivity index (χ4v) is 2.36. The summed E-state index contributed by atoms with van der Waals surface area (Å²) in [6.45, 7) is 9.48. The highest BCUT2D eigenvalue weighted by Gasteiger charge is 2.22. The number of amides is 1. The van der Waals surface area contributed by atoms with E-state index in [2.05, 4.69) is 18.7 Å². The lowest BCUT2D eigenvalue weighted by Crippen LogP contribution is -2.46. The van der Waals surface area contributed by atoms with Crippen LogP contribution in [0, 0.1) is 0 Å². The van der Waals surface area contributed by atoms with Crippen molar-refractivity contribution in [3.63, 3.8) is 0 Å². The lowest BCUT2D eigenvalue weighted by atomic mass is 10.2. The molecule has 0 bridgehead atoms. The maximum absolute atomic E-state index is 12.7. The van der Waals surface area contributed by atoms with E-state index in [1.54, 1.807) is 0 Å². The molecule has 1 rings (SSSR count). The second kappa shape index (κ2) is 8.80. The Hall–Kier alpha value is -1.39. The number of anilines is 1. The van der Waals surface area contributed by atoms with Crippen LogP contribution in [0.2, 0.25) is 0 Å². The Balaban J connectivity index is 2.81. The van der Waals surface area contributed by atoms with Crippen molar-refractivity contribution in [1.82, 2.24) is 4.90 Å². The van der Waals surface area contributed by atoms with Gasteiger partial charge >= 0.3 is 0 Å². The first-order valence-electron chi connectivity index (χ1n) is 7.69. The fraction of sp³-hybridized carbons (Fsp3) is 0.588. The Morgan fingerprint density at radius 1 is 1.10 bits per heavy atom. The maximum Gasteiger partial charge on any atom is 0.241 e. The molecule has 0 radical (unpaired) electrons. The maximum atomic E-state index is 12.7. The Bertz CT molecular complexity index is 418. The Morgan fingerprint density at radius 2 is 1.71 bits per heavy atom. The van der Waals surface area contributed by atoms with Gasteiger partial charge in [0.15, 0.2) is 0 Å². The number of benzene rings is 1. The summed E-state index contributed by atoms with van der Waals surface area (Å²) in [4.78, 5) is 16.6. The van der Waals surface area contributed by atoms with Gasteiger partial charge in [-0.3, -0.25) is 9.69 Å². The van der Waals surface area contributed by atoms with Crippen LogP contribution in [0.25, 0.3) is 0 Å². The molecule has 0 atom stereocenters. The second-order valence-electron chi connectivity index (χ2n) is 5.83. The van der Waals surface area contributed by atoms with Gasteiger partial charge in [0.1, 0.15) is 0 Å². The molecule has 0 spiro atoms. The third-order valence-corrected chi connectivity index (χ3v) is 3.49. The average Bonchev–Trinajstić information content (AvgIpc) is 2.44. The second-order valence-corrected chi connectivity index (χ2v) is 5.83. The number of nitrogens with zero attached hydrogens (tertiary/aromatic N) is 2. The van der Waals surface area contributed by atoms with Crippen molar-refractivity contribution >= 4 is 11.6 Å². The number of hydrogen-bond donors (Lipinski definition) is 1.